The monoisotopic (exact) mass is 376 g/mol. The smallest absolute Gasteiger partial charge is 0.261 e. The van der Waals surface area contributed by atoms with E-state index in [1.807, 2.05) is 53.1 Å². The van der Waals surface area contributed by atoms with Crippen molar-refractivity contribution in [3.8, 4) is 0 Å². The minimum atomic E-state index is -0.335. The van der Waals surface area contributed by atoms with Gasteiger partial charge in [-0.05, 0) is 49.2 Å². The summed E-state index contributed by atoms with van der Waals surface area (Å²) in [5.74, 6) is -0.243. The molecular weight excluding hydrogens is 352 g/mol. The average Bonchev–Trinajstić information content (AvgIpc) is 3.07. The Morgan fingerprint density at radius 3 is 2.79 bits per heavy atom. The zero-order valence-electron chi connectivity index (χ0n) is 15.9. The van der Waals surface area contributed by atoms with Crippen molar-refractivity contribution in [2.45, 2.75) is 32.7 Å². The van der Waals surface area contributed by atoms with E-state index in [4.69, 9.17) is 0 Å². The molecule has 0 fully saturated rings. The van der Waals surface area contributed by atoms with Gasteiger partial charge < -0.3 is 20.1 Å². The minimum absolute atomic E-state index is 0.0915. The minimum Gasteiger partial charge on any atom is -0.511 e. The molecule has 0 saturated heterocycles. The summed E-state index contributed by atoms with van der Waals surface area (Å²) < 4.78 is 1.98. The number of aliphatic hydroxyl groups is 1. The van der Waals surface area contributed by atoms with Gasteiger partial charge in [0.2, 0.25) is 0 Å². The third-order valence-corrected chi connectivity index (χ3v) is 4.95. The summed E-state index contributed by atoms with van der Waals surface area (Å²) in [6.45, 7) is 3.92. The Bertz CT molecular complexity index is 1030. The van der Waals surface area contributed by atoms with Gasteiger partial charge in [-0.1, -0.05) is 25.1 Å². The van der Waals surface area contributed by atoms with E-state index in [9.17, 15) is 9.90 Å². The Hall–Kier alpha value is -3.12. The van der Waals surface area contributed by atoms with Crippen LogP contribution >= 0.6 is 0 Å². The molecule has 2 heterocycles. The highest BCUT2D eigenvalue weighted by atomic mass is 16.3. The number of aliphatic hydroxyl groups excluding tert-OH is 1. The summed E-state index contributed by atoms with van der Waals surface area (Å²) in [5, 5.41) is 16.7. The second-order valence-electron chi connectivity index (χ2n) is 6.99. The number of rotatable bonds is 6. The molecule has 6 nitrogen and oxygen atoms in total. The number of fused-ring (bicyclic) bond motifs is 3. The number of allylic oxidation sites excluding steroid dienone is 1. The van der Waals surface area contributed by atoms with Gasteiger partial charge in [0.05, 0.1) is 5.69 Å². The third-order valence-electron chi connectivity index (χ3n) is 4.95. The van der Waals surface area contributed by atoms with Crippen LogP contribution in [0.5, 0.6) is 0 Å². The van der Waals surface area contributed by atoms with Crippen molar-refractivity contribution in [3.63, 3.8) is 0 Å². The lowest BCUT2D eigenvalue weighted by Crippen LogP contribution is -2.19. The Kier molecular flexibility index (Phi) is 5.12. The number of imidazole rings is 1. The van der Waals surface area contributed by atoms with Gasteiger partial charge in [0.15, 0.2) is 0 Å². The van der Waals surface area contributed by atoms with Crippen LogP contribution in [0.1, 0.15) is 36.7 Å². The molecule has 0 atom stereocenters. The molecule has 144 valence electrons. The molecule has 1 aliphatic carbocycles. The molecule has 3 aromatic rings. The fourth-order valence-corrected chi connectivity index (χ4v) is 3.53. The van der Waals surface area contributed by atoms with Gasteiger partial charge in [-0.25, -0.2) is 4.98 Å². The zero-order chi connectivity index (χ0) is 19.5. The number of carbonyl (C=O) groups excluding carboxylic acids is 1. The number of hydrogen-bond acceptors (Lipinski definition) is 4. The average molecular weight is 376 g/mol. The molecule has 1 amide bonds. The van der Waals surface area contributed by atoms with Crippen molar-refractivity contribution in [2.24, 2.45) is 0 Å². The quantitative estimate of drug-likeness (QED) is 0.574. The van der Waals surface area contributed by atoms with E-state index in [0.717, 1.165) is 36.4 Å². The number of aryl methyl sites for hydroxylation is 1. The normalized spacial score (nSPS) is 13.6. The first-order valence-corrected chi connectivity index (χ1v) is 9.67. The predicted molar refractivity (Wildman–Crippen MR) is 110 cm³/mol. The molecule has 3 N–H and O–H groups in total. The fraction of sp³-hybridized carbons (Fsp3) is 0.273. The first-order valence-electron chi connectivity index (χ1n) is 9.67. The molecule has 0 spiro atoms. The number of pyridine rings is 1. The number of hydrogen-bond donors (Lipinski definition) is 3. The SMILES string of the molecule is CCCNCc1ccc(NC(=O)C2=C(O)CCc3c2nc2ccccn32)cc1. The molecular formula is C22H24N4O2. The van der Waals surface area contributed by atoms with E-state index in [1.165, 1.54) is 0 Å². The largest absolute Gasteiger partial charge is 0.511 e. The first-order chi connectivity index (χ1) is 13.7. The molecule has 0 aliphatic heterocycles. The predicted octanol–water partition coefficient (Wildman–Crippen LogP) is 3.69. The number of aromatic nitrogens is 2. The van der Waals surface area contributed by atoms with E-state index >= 15 is 0 Å². The van der Waals surface area contributed by atoms with Gasteiger partial charge in [0.1, 0.15) is 22.7 Å². The third kappa shape index (κ3) is 3.51. The standard InChI is InChI=1S/C22H24N4O2/c1-2-12-23-14-15-6-8-16(9-7-15)24-22(28)20-18(27)11-10-17-21(20)25-19-5-3-4-13-26(17)19/h3-9,13,23,27H,2,10-12,14H2,1H3,(H,24,28). The molecule has 2 aromatic heterocycles. The molecule has 28 heavy (non-hydrogen) atoms. The molecule has 0 saturated carbocycles. The second kappa shape index (κ2) is 7.86. The molecule has 1 aromatic carbocycles. The summed E-state index contributed by atoms with van der Waals surface area (Å²) in [7, 11) is 0. The first kappa shape index (κ1) is 18.3. The van der Waals surface area contributed by atoms with Gasteiger partial charge in [0.25, 0.3) is 5.91 Å². The van der Waals surface area contributed by atoms with Crippen molar-refractivity contribution in [2.75, 3.05) is 11.9 Å². The Balaban J connectivity index is 1.55. The Labute approximate surface area is 163 Å². The number of anilines is 1. The molecule has 1 aliphatic rings. The maximum Gasteiger partial charge on any atom is 0.261 e. The second-order valence-corrected chi connectivity index (χ2v) is 6.99. The Morgan fingerprint density at radius 2 is 2.00 bits per heavy atom. The van der Waals surface area contributed by atoms with E-state index in [1.54, 1.807) is 0 Å². The molecule has 4 rings (SSSR count). The molecule has 6 heteroatoms. The number of nitrogens with one attached hydrogen (secondary N) is 2. The topological polar surface area (TPSA) is 78.7 Å². The van der Waals surface area contributed by atoms with Crippen molar-refractivity contribution >= 4 is 22.8 Å². The summed E-state index contributed by atoms with van der Waals surface area (Å²) in [6.07, 6.45) is 4.12. The van der Waals surface area contributed by atoms with Crippen molar-refractivity contribution in [1.29, 1.82) is 0 Å². The van der Waals surface area contributed by atoms with Crippen LogP contribution in [0.2, 0.25) is 0 Å². The van der Waals surface area contributed by atoms with Crippen LogP contribution in [0.15, 0.2) is 54.4 Å². The van der Waals surface area contributed by atoms with E-state index < -0.39 is 0 Å². The maximum atomic E-state index is 12.9. The molecule has 0 unspecified atom stereocenters. The molecule has 0 radical (unpaired) electrons. The van der Waals surface area contributed by atoms with Gasteiger partial charge in [0, 0.05) is 24.8 Å². The van der Waals surface area contributed by atoms with E-state index in [-0.39, 0.29) is 17.2 Å². The highest BCUT2D eigenvalue weighted by Crippen LogP contribution is 2.31. The van der Waals surface area contributed by atoms with Crippen LogP contribution in [0, 0.1) is 0 Å². The van der Waals surface area contributed by atoms with E-state index in [0.29, 0.717) is 24.2 Å². The van der Waals surface area contributed by atoms with Gasteiger partial charge in [-0.3, -0.25) is 4.79 Å². The fourth-order valence-electron chi connectivity index (χ4n) is 3.53. The highest BCUT2D eigenvalue weighted by Gasteiger charge is 2.28. The number of nitrogens with zero attached hydrogens (tertiary/aromatic N) is 2. The van der Waals surface area contributed by atoms with Gasteiger partial charge in [-0.15, -0.1) is 0 Å². The van der Waals surface area contributed by atoms with E-state index in [2.05, 4.69) is 22.5 Å². The number of benzene rings is 1. The lowest BCUT2D eigenvalue weighted by molar-refractivity contribution is -0.111. The van der Waals surface area contributed by atoms with Gasteiger partial charge >= 0.3 is 0 Å². The number of carbonyl (C=O) groups is 1. The van der Waals surface area contributed by atoms with Gasteiger partial charge in [-0.2, -0.15) is 0 Å². The summed E-state index contributed by atoms with van der Waals surface area (Å²) in [6, 6.07) is 13.5. The van der Waals surface area contributed by atoms with Crippen LogP contribution in [0.4, 0.5) is 5.69 Å². The summed E-state index contributed by atoms with van der Waals surface area (Å²) in [5.41, 5.74) is 4.41. The van der Waals surface area contributed by atoms with Crippen LogP contribution in [-0.2, 0) is 17.8 Å². The maximum absolute atomic E-state index is 12.9. The Morgan fingerprint density at radius 1 is 1.18 bits per heavy atom. The number of amides is 1. The zero-order valence-corrected chi connectivity index (χ0v) is 15.9. The van der Waals surface area contributed by atoms with Crippen LogP contribution in [-0.4, -0.2) is 26.9 Å². The van der Waals surface area contributed by atoms with Crippen LogP contribution < -0.4 is 10.6 Å². The lowest BCUT2D eigenvalue weighted by atomic mass is 9.97. The molecule has 0 bridgehead atoms. The summed E-state index contributed by atoms with van der Waals surface area (Å²) in [4.78, 5) is 17.5. The summed E-state index contributed by atoms with van der Waals surface area (Å²) >= 11 is 0. The highest BCUT2D eigenvalue weighted by molar-refractivity contribution is 6.26. The van der Waals surface area contributed by atoms with Crippen molar-refractivity contribution < 1.29 is 9.90 Å². The van der Waals surface area contributed by atoms with Crippen LogP contribution in [0.25, 0.3) is 11.2 Å². The van der Waals surface area contributed by atoms with Crippen molar-refractivity contribution in [3.05, 3.63) is 71.4 Å². The van der Waals surface area contributed by atoms with Crippen molar-refractivity contribution in [1.82, 2.24) is 14.7 Å². The van der Waals surface area contributed by atoms with Crippen LogP contribution in [0.3, 0.4) is 0 Å². The lowest BCUT2D eigenvalue weighted by Gasteiger charge is -2.16.